The van der Waals surface area contributed by atoms with E-state index in [1.807, 2.05) is 81.4 Å². The number of hydrogen-bond acceptors (Lipinski definition) is 11. The maximum absolute atomic E-state index is 14.4. The summed E-state index contributed by atoms with van der Waals surface area (Å²) >= 11 is 0. The van der Waals surface area contributed by atoms with Crippen molar-refractivity contribution >= 4 is 55.0 Å². The molecule has 0 spiro atoms. The van der Waals surface area contributed by atoms with Crippen LogP contribution in [0, 0.1) is 0 Å². The second-order valence-electron chi connectivity index (χ2n) is 16.1. The SMILES string of the molecule is C=CCOC(=O)/N=C(/NC(=O)OCC=C)N(CC[C@@H](O[Si](c1ccccc1)(c1ccccc1)C(C)(C)C)[C@H](NC(=O)OC(C)(C)C)C(=O)OC(C)(C)C)C(=O)OCC=C. The van der Waals surface area contributed by atoms with Crippen molar-refractivity contribution in [2.24, 2.45) is 4.99 Å². The maximum atomic E-state index is 14.4. The molecule has 2 aromatic rings. The monoisotopic (exact) mass is 836 g/mol. The molecule has 0 saturated carbocycles. The predicted octanol–water partition coefficient (Wildman–Crippen LogP) is 6.77. The Balaban J connectivity index is 3.01. The van der Waals surface area contributed by atoms with E-state index in [2.05, 4.69) is 35.4 Å². The van der Waals surface area contributed by atoms with Gasteiger partial charge in [-0.15, -0.1) is 4.99 Å². The highest BCUT2D eigenvalue weighted by atomic mass is 28.4. The van der Waals surface area contributed by atoms with E-state index in [0.29, 0.717) is 0 Å². The predicted molar refractivity (Wildman–Crippen MR) is 228 cm³/mol. The highest BCUT2D eigenvalue weighted by Crippen LogP contribution is 2.38. The van der Waals surface area contributed by atoms with Gasteiger partial charge in [-0.2, -0.15) is 0 Å². The van der Waals surface area contributed by atoms with Gasteiger partial charge in [0.1, 0.15) is 31.0 Å². The number of rotatable bonds is 16. The van der Waals surface area contributed by atoms with Crippen LogP contribution >= 0.6 is 0 Å². The van der Waals surface area contributed by atoms with Crippen molar-refractivity contribution < 1.29 is 52.1 Å². The Labute approximate surface area is 348 Å². The molecular weight excluding hydrogens is 777 g/mol. The minimum Gasteiger partial charge on any atom is -0.458 e. The molecule has 0 aliphatic carbocycles. The Morgan fingerprint density at radius 2 is 1.20 bits per heavy atom. The average molecular weight is 837 g/mol. The van der Waals surface area contributed by atoms with Crippen molar-refractivity contribution in [3.63, 3.8) is 0 Å². The Morgan fingerprint density at radius 1 is 0.712 bits per heavy atom. The van der Waals surface area contributed by atoms with Crippen LogP contribution in [0.3, 0.4) is 0 Å². The Bertz CT molecular complexity index is 1740. The molecule has 0 radical (unpaired) electrons. The summed E-state index contributed by atoms with van der Waals surface area (Å²) in [6.07, 6.45) is -1.95. The lowest BCUT2D eigenvalue weighted by molar-refractivity contribution is -0.160. The molecule has 2 atom stereocenters. The molecule has 0 unspecified atom stereocenters. The highest BCUT2D eigenvalue weighted by Gasteiger charge is 2.53. The number of benzene rings is 2. The number of esters is 1. The first-order valence-corrected chi connectivity index (χ1v) is 21.0. The molecule has 2 rings (SSSR count). The van der Waals surface area contributed by atoms with Crippen molar-refractivity contribution in [3.8, 4) is 0 Å². The average Bonchev–Trinajstić information content (AvgIpc) is 3.14. The van der Waals surface area contributed by atoms with Crippen LogP contribution in [0.15, 0.2) is 104 Å². The van der Waals surface area contributed by atoms with Crippen LogP contribution in [-0.4, -0.2) is 99.2 Å². The first kappa shape index (κ1) is 49.4. The van der Waals surface area contributed by atoms with E-state index in [1.165, 1.54) is 18.2 Å². The van der Waals surface area contributed by atoms with Gasteiger partial charge in [0, 0.05) is 6.54 Å². The first-order chi connectivity index (χ1) is 27.6. The molecule has 0 heterocycles. The Kier molecular flexibility index (Phi) is 18.8. The van der Waals surface area contributed by atoms with Gasteiger partial charge in [-0.1, -0.05) is 119 Å². The van der Waals surface area contributed by atoms with Crippen molar-refractivity contribution in [1.82, 2.24) is 15.5 Å². The molecular formula is C43H60N4O11Si. The molecule has 0 aliphatic rings. The topological polar surface area (TPSA) is 180 Å². The zero-order chi connectivity index (χ0) is 44.4. The van der Waals surface area contributed by atoms with Crippen molar-refractivity contribution in [3.05, 3.63) is 98.6 Å². The van der Waals surface area contributed by atoms with E-state index in [1.54, 1.807) is 41.5 Å². The Morgan fingerprint density at radius 3 is 1.68 bits per heavy atom. The number of hydrogen-bond donors (Lipinski definition) is 2. The first-order valence-electron chi connectivity index (χ1n) is 19.1. The van der Waals surface area contributed by atoms with Gasteiger partial charge in [0.15, 0.2) is 6.04 Å². The fourth-order valence-corrected chi connectivity index (χ4v) is 10.5. The number of alkyl carbamates (subject to hydrolysis) is 2. The third kappa shape index (κ3) is 15.8. The number of aliphatic imine (C=N–C) groups is 1. The molecule has 0 bridgehead atoms. The molecule has 0 saturated heterocycles. The molecule has 0 aromatic heterocycles. The zero-order valence-electron chi connectivity index (χ0n) is 35.7. The van der Waals surface area contributed by atoms with Crippen LogP contribution in [0.5, 0.6) is 0 Å². The lowest BCUT2D eigenvalue weighted by Gasteiger charge is -2.46. The maximum Gasteiger partial charge on any atom is 0.437 e. The molecule has 322 valence electrons. The summed E-state index contributed by atoms with van der Waals surface area (Å²) in [5.41, 5.74) is -1.98. The minimum absolute atomic E-state index is 0.219. The van der Waals surface area contributed by atoms with Crippen LogP contribution in [0.4, 0.5) is 19.2 Å². The lowest BCUT2D eigenvalue weighted by atomic mass is 10.1. The van der Waals surface area contributed by atoms with Crippen molar-refractivity contribution in [1.29, 1.82) is 0 Å². The number of nitrogens with zero attached hydrogens (tertiary/aromatic N) is 2. The molecule has 4 amide bonds. The summed E-state index contributed by atoms with van der Waals surface area (Å²) in [7, 11) is -3.57. The number of carbonyl (C=O) groups excluding carboxylic acids is 5. The van der Waals surface area contributed by atoms with E-state index in [9.17, 15) is 24.0 Å². The second kappa shape index (κ2) is 22.4. The Hall–Kier alpha value is -5.74. The summed E-state index contributed by atoms with van der Waals surface area (Å²) in [6, 6.07) is 17.5. The molecule has 0 fully saturated rings. The molecule has 0 aliphatic heterocycles. The minimum atomic E-state index is -3.57. The smallest absolute Gasteiger partial charge is 0.437 e. The highest BCUT2D eigenvalue weighted by molar-refractivity contribution is 6.99. The van der Waals surface area contributed by atoms with Crippen molar-refractivity contribution in [2.45, 2.75) is 97.1 Å². The molecule has 15 nitrogen and oxygen atoms in total. The molecule has 2 aromatic carbocycles. The number of guanidine groups is 1. The summed E-state index contributed by atoms with van der Waals surface area (Å²) in [5, 5.41) is 6.04. The number of nitrogens with one attached hydrogen (secondary N) is 2. The van der Waals surface area contributed by atoms with Crippen LogP contribution in [0.1, 0.15) is 68.7 Å². The number of carbonyl (C=O) groups is 5. The fourth-order valence-electron chi connectivity index (χ4n) is 5.73. The van der Waals surface area contributed by atoms with Gasteiger partial charge in [-0.05, 0) is 63.4 Å². The summed E-state index contributed by atoms with van der Waals surface area (Å²) in [6.45, 7) is 25.6. The van der Waals surface area contributed by atoms with E-state index < -0.39 is 79.6 Å². The third-order valence-electron chi connectivity index (χ3n) is 7.96. The lowest BCUT2D eigenvalue weighted by Crippen LogP contribution is -2.70. The molecule has 59 heavy (non-hydrogen) atoms. The number of amides is 4. The van der Waals surface area contributed by atoms with Crippen molar-refractivity contribution in [2.75, 3.05) is 26.4 Å². The van der Waals surface area contributed by atoms with Crippen LogP contribution < -0.4 is 21.0 Å². The quantitative estimate of drug-likeness (QED) is 0.0455. The van der Waals surface area contributed by atoms with Gasteiger partial charge >= 0.3 is 30.3 Å². The van der Waals surface area contributed by atoms with Gasteiger partial charge in [0.05, 0.1) is 6.10 Å². The van der Waals surface area contributed by atoms with E-state index in [4.69, 9.17) is 28.1 Å². The van der Waals surface area contributed by atoms with Gasteiger partial charge in [-0.25, -0.2) is 28.9 Å². The summed E-state index contributed by atoms with van der Waals surface area (Å²) in [5.74, 6) is -1.50. The molecule has 2 N–H and O–H groups in total. The normalized spacial score (nSPS) is 13.1. The van der Waals surface area contributed by atoms with Crippen LogP contribution in [-0.2, 0) is 32.9 Å². The van der Waals surface area contributed by atoms with E-state index in [0.717, 1.165) is 15.3 Å². The fraction of sp³-hybridized carbons (Fsp3) is 0.442. The van der Waals surface area contributed by atoms with Gasteiger partial charge < -0.3 is 33.4 Å². The standard InChI is InChI=1S/C43H60N4O11Si/c1-13-28-53-37(49)45-36(46-38(50)54-29-14-2)47(40(52)55-30-15-3)27-26-33(34(35(48)56-41(4,5)6)44-39(51)57-42(7,8)9)58-59(43(10,11)12,31-22-18-16-19-23-31)32-24-20-17-21-25-32/h13-25,33-34H,1-3,26-30H2,4-12H3,(H,44,51)(H,45,46,49,50)/t33-,34+/m1/s1. The largest absolute Gasteiger partial charge is 0.458 e. The summed E-state index contributed by atoms with van der Waals surface area (Å²) < 4.78 is 34.5. The third-order valence-corrected chi connectivity index (χ3v) is 13.0. The zero-order valence-corrected chi connectivity index (χ0v) is 36.7. The summed E-state index contributed by atoms with van der Waals surface area (Å²) in [4.78, 5) is 72.3. The van der Waals surface area contributed by atoms with Crippen LogP contribution in [0.25, 0.3) is 0 Å². The van der Waals surface area contributed by atoms with Crippen LogP contribution in [0.2, 0.25) is 5.04 Å². The van der Waals surface area contributed by atoms with Gasteiger partial charge in [-0.3, -0.25) is 5.32 Å². The van der Waals surface area contributed by atoms with E-state index in [-0.39, 0.29) is 26.2 Å². The van der Waals surface area contributed by atoms with Gasteiger partial charge in [0.25, 0.3) is 8.32 Å². The van der Waals surface area contributed by atoms with E-state index >= 15 is 0 Å². The van der Waals surface area contributed by atoms with Gasteiger partial charge in [0.2, 0.25) is 5.96 Å². The number of ether oxygens (including phenoxy) is 5. The molecule has 16 heteroatoms. The second-order valence-corrected chi connectivity index (χ2v) is 20.3.